The van der Waals surface area contributed by atoms with Crippen LogP contribution in [0.25, 0.3) is 11.1 Å². The zero-order chi connectivity index (χ0) is 16.4. The number of ether oxygens (including phenoxy) is 1. The van der Waals surface area contributed by atoms with Crippen molar-refractivity contribution in [3.05, 3.63) is 83.9 Å². The van der Waals surface area contributed by atoms with Gasteiger partial charge in [0.25, 0.3) is 0 Å². The van der Waals surface area contributed by atoms with Crippen LogP contribution in [0.3, 0.4) is 0 Å². The Bertz CT molecular complexity index is 804. The minimum absolute atomic E-state index is 0.0625. The number of hydrogen-bond acceptors (Lipinski definition) is 1. The maximum atomic E-state index is 13.6. The molecule has 0 fully saturated rings. The quantitative estimate of drug-likeness (QED) is 0.444. The fraction of sp³-hybridized carbons (Fsp3) is 0. The zero-order valence-electron chi connectivity index (χ0n) is 11.7. The Morgan fingerprint density at radius 3 is 1.70 bits per heavy atom. The third kappa shape index (κ3) is 3.04. The van der Waals surface area contributed by atoms with Crippen LogP contribution in [0, 0.1) is 23.3 Å². The van der Waals surface area contributed by atoms with Crippen molar-refractivity contribution < 1.29 is 22.3 Å². The summed E-state index contributed by atoms with van der Waals surface area (Å²) in [6.45, 7) is 0. The maximum Gasteiger partial charge on any atom is 0.204 e. The predicted molar refractivity (Wildman–Crippen MR) is 78.2 cm³/mol. The molecule has 5 heteroatoms. The lowest BCUT2D eigenvalue weighted by Gasteiger charge is -2.10. The van der Waals surface area contributed by atoms with Crippen molar-refractivity contribution in [1.82, 2.24) is 0 Å². The summed E-state index contributed by atoms with van der Waals surface area (Å²) in [5.74, 6) is -7.21. The van der Waals surface area contributed by atoms with E-state index in [1.807, 2.05) is 30.3 Å². The smallest absolute Gasteiger partial charge is 0.204 e. The lowest BCUT2D eigenvalue weighted by Crippen LogP contribution is -1.99. The third-order valence-corrected chi connectivity index (χ3v) is 3.25. The largest absolute Gasteiger partial charge is 0.451 e. The summed E-state index contributed by atoms with van der Waals surface area (Å²) in [6.07, 6.45) is 0. The molecular formula is C18H10F4O. The minimum Gasteiger partial charge on any atom is -0.451 e. The summed E-state index contributed by atoms with van der Waals surface area (Å²) in [5, 5.41) is 0. The topological polar surface area (TPSA) is 9.23 Å². The Morgan fingerprint density at radius 1 is 0.609 bits per heavy atom. The van der Waals surface area contributed by atoms with Crippen LogP contribution in [0.15, 0.2) is 60.7 Å². The number of rotatable bonds is 3. The third-order valence-electron chi connectivity index (χ3n) is 3.25. The highest BCUT2D eigenvalue weighted by Gasteiger charge is 2.21. The Hall–Kier alpha value is -2.82. The van der Waals surface area contributed by atoms with Crippen molar-refractivity contribution in [3.63, 3.8) is 0 Å². The molecule has 3 aromatic carbocycles. The van der Waals surface area contributed by atoms with E-state index in [-0.39, 0.29) is 11.8 Å². The molecule has 0 N–H and O–H groups in total. The van der Waals surface area contributed by atoms with E-state index < -0.39 is 29.0 Å². The molecule has 0 aliphatic carbocycles. The fourth-order valence-corrected chi connectivity index (χ4v) is 2.10. The standard InChI is InChI=1S/C18H10F4O/c19-14-10-15(20)17(22)18(16(14)21)23-13-8-6-12(7-9-13)11-4-2-1-3-5-11/h1-10H. The first-order valence-corrected chi connectivity index (χ1v) is 6.72. The first-order chi connectivity index (χ1) is 11.1. The Balaban J connectivity index is 1.90. The second-order valence-corrected chi connectivity index (χ2v) is 4.79. The van der Waals surface area contributed by atoms with E-state index >= 15 is 0 Å². The summed E-state index contributed by atoms with van der Waals surface area (Å²) >= 11 is 0. The maximum absolute atomic E-state index is 13.6. The van der Waals surface area contributed by atoms with Crippen molar-refractivity contribution in [3.8, 4) is 22.6 Å². The molecule has 0 bridgehead atoms. The van der Waals surface area contributed by atoms with Crippen LogP contribution in [0.1, 0.15) is 0 Å². The summed E-state index contributed by atoms with van der Waals surface area (Å²) < 4.78 is 58.4. The van der Waals surface area contributed by atoms with Crippen molar-refractivity contribution >= 4 is 0 Å². The van der Waals surface area contributed by atoms with Gasteiger partial charge in [0.05, 0.1) is 0 Å². The number of halogens is 4. The van der Waals surface area contributed by atoms with Gasteiger partial charge in [-0.25, -0.2) is 8.78 Å². The van der Waals surface area contributed by atoms with E-state index in [1.54, 1.807) is 12.1 Å². The fourth-order valence-electron chi connectivity index (χ4n) is 2.10. The van der Waals surface area contributed by atoms with Gasteiger partial charge in [0.1, 0.15) is 5.75 Å². The van der Waals surface area contributed by atoms with Crippen LogP contribution in [-0.4, -0.2) is 0 Å². The summed E-state index contributed by atoms with van der Waals surface area (Å²) in [6, 6.07) is 15.8. The van der Waals surface area contributed by atoms with Gasteiger partial charge in [-0.1, -0.05) is 42.5 Å². The molecular weight excluding hydrogens is 308 g/mol. The lowest BCUT2D eigenvalue weighted by molar-refractivity contribution is 0.366. The molecule has 0 amide bonds. The first-order valence-electron chi connectivity index (χ1n) is 6.72. The molecule has 0 aliphatic rings. The SMILES string of the molecule is Fc1cc(F)c(F)c(Oc2ccc(-c3ccccc3)cc2)c1F. The highest BCUT2D eigenvalue weighted by atomic mass is 19.2. The highest BCUT2D eigenvalue weighted by Crippen LogP contribution is 2.31. The van der Waals surface area contributed by atoms with Crippen LogP contribution in [0.5, 0.6) is 11.5 Å². The van der Waals surface area contributed by atoms with E-state index in [2.05, 4.69) is 0 Å². The molecule has 0 heterocycles. The van der Waals surface area contributed by atoms with Crippen LogP contribution in [-0.2, 0) is 0 Å². The highest BCUT2D eigenvalue weighted by molar-refractivity contribution is 5.64. The summed E-state index contributed by atoms with van der Waals surface area (Å²) in [7, 11) is 0. The average Bonchev–Trinajstić information content (AvgIpc) is 2.58. The van der Waals surface area contributed by atoms with Gasteiger partial charge in [0, 0.05) is 6.07 Å². The van der Waals surface area contributed by atoms with Gasteiger partial charge in [-0.2, -0.15) is 8.78 Å². The second-order valence-electron chi connectivity index (χ2n) is 4.79. The molecule has 0 unspecified atom stereocenters. The number of benzene rings is 3. The molecule has 0 atom stereocenters. The van der Waals surface area contributed by atoms with Crippen LogP contribution >= 0.6 is 0 Å². The molecule has 0 saturated carbocycles. The molecule has 23 heavy (non-hydrogen) atoms. The van der Waals surface area contributed by atoms with Crippen molar-refractivity contribution in [2.75, 3.05) is 0 Å². The zero-order valence-corrected chi connectivity index (χ0v) is 11.7. The first kappa shape index (κ1) is 15.1. The van der Waals surface area contributed by atoms with Gasteiger partial charge in [-0.3, -0.25) is 0 Å². The van der Waals surface area contributed by atoms with E-state index in [0.717, 1.165) is 11.1 Å². The van der Waals surface area contributed by atoms with Gasteiger partial charge < -0.3 is 4.74 Å². The second kappa shape index (κ2) is 6.12. The minimum atomic E-state index is -1.57. The van der Waals surface area contributed by atoms with Crippen molar-refractivity contribution in [2.45, 2.75) is 0 Å². The monoisotopic (exact) mass is 318 g/mol. The number of hydrogen-bond donors (Lipinski definition) is 0. The average molecular weight is 318 g/mol. The van der Waals surface area contributed by atoms with Gasteiger partial charge >= 0.3 is 0 Å². The molecule has 0 spiro atoms. The van der Waals surface area contributed by atoms with E-state index in [1.165, 1.54) is 12.1 Å². The molecule has 0 saturated heterocycles. The van der Waals surface area contributed by atoms with Gasteiger partial charge in [-0.15, -0.1) is 0 Å². The Labute approximate surface area is 129 Å². The summed E-state index contributed by atoms with van der Waals surface area (Å²) in [5.41, 5.74) is 1.82. The Kier molecular flexibility index (Phi) is 4.02. The van der Waals surface area contributed by atoms with Gasteiger partial charge in [-0.05, 0) is 23.3 Å². The Morgan fingerprint density at radius 2 is 1.13 bits per heavy atom. The molecule has 116 valence electrons. The van der Waals surface area contributed by atoms with E-state index in [4.69, 9.17) is 4.74 Å². The molecule has 3 aromatic rings. The van der Waals surface area contributed by atoms with Gasteiger partial charge in [0.2, 0.25) is 17.4 Å². The molecule has 0 aromatic heterocycles. The van der Waals surface area contributed by atoms with E-state index in [0.29, 0.717) is 0 Å². The van der Waals surface area contributed by atoms with Crippen molar-refractivity contribution in [2.24, 2.45) is 0 Å². The molecule has 1 nitrogen and oxygen atoms in total. The van der Waals surface area contributed by atoms with Crippen LogP contribution in [0.4, 0.5) is 17.6 Å². The van der Waals surface area contributed by atoms with Crippen LogP contribution < -0.4 is 4.74 Å². The lowest BCUT2D eigenvalue weighted by atomic mass is 10.1. The van der Waals surface area contributed by atoms with Crippen LogP contribution in [0.2, 0.25) is 0 Å². The normalized spacial score (nSPS) is 10.6. The van der Waals surface area contributed by atoms with Crippen molar-refractivity contribution in [1.29, 1.82) is 0 Å². The molecule has 0 radical (unpaired) electrons. The molecule has 0 aliphatic heterocycles. The summed E-state index contributed by atoms with van der Waals surface area (Å²) in [4.78, 5) is 0. The molecule has 3 rings (SSSR count). The predicted octanol–water partition coefficient (Wildman–Crippen LogP) is 5.70. The van der Waals surface area contributed by atoms with E-state index in [9.17, 15) is 17.6 Å². The van der Waals surface area contributed by atoms with Gasteiger partial charge in [0.15, 0.2) is 11.6 Å².